The molecule has 0 aromatic heterocycles. The van der Waals surface area contributed by atoms with Crippen LogP contribution in [0.3, 0.4) is 0 Å². The summed E-state index contributed by atoms with van der Waals surface area (Å²) in [6, 6.07) is 5.56. The van der Waals surface area contributed by atoms with Crippen molar-refractivity contribution in [2.75, 3.05) is 11.4 Å². The molecule has 0 bridgehead atoms. The highest BCUT2D eigenvalue weighted by atomic mass is 32.1. The lowest BCUT2D eigenvalue weighted by molar-refractivity contribution is 0.553. The Bertz CT molecular complexity index is 461. The van der Waals surface area contributed by atoms with Gasteiger partial charge in [0.15, 0.2) is 0 Å². The first kappa shape index (κ1) is 14.3. The van der Waals surface area contributed by atoms with Crippen LogP contribution in [0.4, 0.5) is 10.1 Å². The van der Waals surface area contributed by atoms with Crippen LogP contribution >= 0.6 is 12.2 Å². The van der Waals surface area contributed by atoms with Gasteiger partial charge in [-0.15, -0.1) is 0 Å². The second-order valence-electron chi connectivity index (χ2n) is 5.10. The van der Waals surface area contributed by atoms with Crippen LogP contribution < -0.4 is 10.6 Å². The number of rotatable bonds is 3. The number of benzene rings is 1. The Labute approximate surface area is 119 Å². The van der Waals surface area contributed by atoms with Gasteiger partial charge >= 0.3 is 0 Å². The summed E-state index contributed by atoms with van der Waals surface area (Å²) in [6.07, 6.45) is 5.85. The molecule has 1 unspecified atom stereocenters. The van der Waals surface area contributed by atoms with E-state index in [0.717, 1.165) is 31.5 Å². The average Bonchev–Trinajstić information content (AvgIpc) is 2.62. The SMILES string of the molecule is CCC1CCCCCN1c1cccc(F)c1C(N)=S. The Hall–Kier alpha value is -1.16. The Morgan fingerprint density at radius 3 is 2.89 bits per heavy atom. The van der Waals surface area contributed by atoms with Gasteiger partial charge in [-0.25, -0.2) is 4.39 Å². The predicted octanol–water partition coefficient (Wildman–Crippen LogP) is 3.62. The van der Waals surface area contributed by atoms with Crippen LogP contribution in [0.2, 0.25) is 0 Å². The zero-order valence-corrected chi connectivity index (χ0v) is 12.2. The van der Waals surface area contributed by atoms with Gasteiger partial charge in [0.1, 0.15) is 10.8 Å². The van der Waals surface area contributed by atoms with Crippen molar-refractivity contribution in [3.05, 3.63) is 29.6 Å². The number of halogens is 1. The average molecular weight is 280 g/mol. The number of nitrogens with zero attached hydrogens (tertiary/aromatic N) is 1. The van der Waals surface area contributed by atoms with Crippen molar-refractivity contribution < 1.29 is 4.39 Å². The van der Waals surface area contributed by atoms with E-state index in [9.17, 15) is 4.39 Å². The van der Waals surface area contributed by atoms with E-state index in [1.165, 1.54) is 18.9 Å². The summed E-state index contributed by atoms with van der Waals surface area (Å²) in [5.41, 5.74) is 6.98. The summed E-state index contributed by atoms with van der Waals surface area (Å²) in [7, 11) is 0. The lowest BCUT2D eigenvalue weighted by Crippen LogP contribution is -2.36. The molecule has 2 nitrogen and oxygen atoms in total. The molecular weight excluding hydrogens is 259 g/mol. The van der Waals surface area contributed by atoms with E-state index in [2.05, 4.69) is 11.8 Å². The minimum absolute atomic E-state index is 0.146. The van der Waals surface area contributed by atoms with Crippen LogP contribution in [0, 0.1) is 5.82 Å². The third kappa shape index (κ3) is 3.06. The van der Waals surface area contributed by atoms with Crippen molar-refractivity contribution in [3.8, 4) is 0 Å². The van der Waals surface area contributed by atoms with Gasteiger partial charge in [-0.3, -0.25) is 0 Å². The first-order chi connectivity index (χ1) is 9.15. The number of thiocarbonyl (C=S) groups is 1. The zero-order valence-electron chi connectivity index (χ0n) is 11.4. The largest absolute Gasteiger partial charge is 0.389 e. The molecule has 1 heterocycles. The molecule has 0 radical (unpaired) electrons. The topological polar surface area (TPSA) is 29.3 Å². The van der Waals surface area contributed by atoms with Crippen LogP contribution in [-0.4, -0.2) is 17.6 Å². The van der Waals surface area contributed by atoms with Crippen molar-refractivity contribution in [1.29, 1.82) is 0 Å². The molecule has 1 aromatic rings. The second-order valence-corrected chi connectivity index (χ2v) is 5.54. The minimum Gasteiger partial charge on any atom is -0.389 e. The monoisotopic (exact) mass is 280 g/mol. The van der Waals surface area contributed by atoms with Gasteiger partial charge in [-0.1, -0.05) is 38.0 Å². The fourth-order valence-electron chi connectivity index (χ4n) is 2.91. The second kappa shape index (κ2) is 6.33. The van der Waals surface area contributed by atoms with Crippen molar-refractivity contribution in [3.63, 3.8) is 0 Å². The van der Waals surface area contributed by atoms with Crippen molar-refractivity contribution >= 4 is 22.9 Å². The minimum atomic E-state index is -0.316. The molecule has 1 fully saturated rings. The highest BCUT2D eigenvalue weighted by molar-refractivity contribution is 7.80. The molecule has 0 amide bonds. The van der Waals surface area contributed by atoms with Crippen molar-refractivity contribution in [2.24, 2.45) is 5.73 Å². The van der Waals surface area contributed by atoms with E-state index >= 15 is 0 Å². The first-order valence-corrected chi connectivity index (χ1v) is 7.41. The van der Waals surface area contributed by atoms with Crippen LogP contribution in [0.25, 0.3) is 0 Å². The molecule has 1 atom stereocenters. The van der Waals surface area contributed by atoms with Crippen LogP contribution in [0.1, 0.15) is 44.6 Å². The molecule has 2 rings (SSSR count). The molecule has 1 aromatic carbocycles. The molecule has 2 N–H and O–H groups in total. The molecule has 0 spiro atoms. The first-order valence-electron chi connectivity index (χ1n) is 7.00. The smallest absolute Gasteiger partial charge is 0.135 e. The van der Waals surface area contributed by atoms with Crippen LogP contribution in [-0.2, 0) is 0 Å². The number of hydrogen-bond donors (Lipinski definition) is 1. The summed E-state index contributed by atoms with van der Waals surface area (Å²) >= 11 is 5.03. The van der Waals surface area contributed by atoms with E-state index in [0.29, 0.717) is 11.6 Å². The summed E-state index contributed by atoms with van der Waals surface area (Å²) in [5, 5.41) is 0. The number of anilines is 1. The normalized spacial score (nSPS) is 20.1. The Morgan fingerprint density at radius 2 is 2.21 bits per heavy atom. The maximum absolute atomic E-state index is 14.0. The molecule has 104 valence electrons. The molecule has 1 aliphatic rings. The molecule has 0 saturated carbocycles. The highest BCUT2D eigenvalue weighted by Gasteiger charge is 2.23. The summed E-state index contributed by atoms with van der Waals surface area (Å²) < 4.78 is 14.0. The Balaban J connectivity index is 2.43. The van der Waals surface area contributed by atoms with E-state index in [1.807, 2.05) is 6.07 Å². The van der Waals surface area contributed by atoms with E-state index in [1.54, 1.807) is 6.07 Å². The van der Waals surface area contributed by atoms with Gasteiger partial charge in [-0.2, -0.15) is 0 Å². The van der Waals surface area contributed by atoms with E-state index < -0.39 is 0 Å². The van der Waals surface area contributed by atoms with Gasteiger partial charge in [0, 0.05) is 12.6 Å². The van der Waals surface area contributed by atoms with Crippen molar-refractivity contribution in [2.45, 2.75) is 45.1 Å². The molecule has 0 aliphatic carbocycles. The van der Waals surface area contributed by atoms with Gasteiger partial charge in [-0.05, 0) is 31.4 Å². The fraction of sp³-hybridized carbons (Fsp3) is 0.533. The van der Waals surface area contributed by atoms with Gasteiger partial charge in [0.25, 0.3) is 0 Å². The lowest BCUT2D eigenvalue weighted by atomic mass is 10.0. The van der Waals surface area contributed by atoms with Crippen LogP contribution in [0.15, 0.2) is 18.2 Å². The Morgan fingerprint density at radius 1 is 1.42 bits per heavy atom. The standard InChI is InChI=1S/C15H21FN2S/c1-2-11-7-4-3-5-10-18(11)13-9-6-8-12(16)14(13)15(17)19/h6,8-9,11H,2-5,7,10H2,1H3,(H2,17,19). The molecule has 1 aliphatic heterocycles. The summed E-state index contributed by atoms with van der Waals surface area (Å²) in [4.78, 5) is 2.44. The number of nitrogens with two attached hydrogens (primary N) is 1. The molecule has 19 heavy (non-hydrogen) atoms. The highest BCUT2D eigenvalue weighted by Crippen LogP contribution is 2.30. The quantitative estimate of drug-likeness (QED) is 0.858. The Kier molecular flexibility index (Phi) is 4.75. The van der Waals surface area contributed by atoms with Crippen LogP contribution in [0.5, 0.6) is 0 Å². The molecule has 1 saturated heterocycles. The van der Waals surface area contributed by atoms with E-state index in [4.69, 9.17) is 18.0 Å². The molecule has 4 heteroatoms. The van der Waals surface area contributed by atoms with E-state index in [-0.39, 0.29) is 10.8 Å². The fourth-order valence-corrected chi connectivity index (χ4v) is 3.12. The van der Waals surface area contributed by atoms with Gasteiger partial charge < -0.3 is 10.6 Å². The zero-order chi connectivity index (χ0) is 13.8. The summed E-state index contributed by atoms with van der Waals surface area (Å²) in [6.45, 7) is 3.14. The number of hydrogen-bond acceptors (Lipinski definition) is 2. The molecular formula is C15H21FN2S. The lowest BCUT2D eigenvalue weighted by Gasteiger charge is -2.33. The van der Waals surface area contributed by atoms with Gasteiger partial charge in [0.2, 0.25) is 0 Å². The predicted molar refractivity (Wildman–Crippen MR) is 82.2 cm³/mol. The third-order valence-corrected chi connectivity index (χ3v) is 4.10. The maximum atomic E-state index is 14.0. The van der Waals surface area contributed by atoms with Gasteiger partial charge in [0.05, 0.1) is 11.3 Å². The maximum Gasteiger partial charge on any atom is 0.135 e. The third-order valence-electron chi connectivity index (χ3n) is 3.90. The van der Waals surface area contributed by atoms with Crippen molar-refractivity contribution in [1.82, 2.24) is 0 Å². The summed E-state index contributed by atoms with van der Waals surface area (Å²) in [5.74, 6) is -0.316.